The number of amides is 1. The van der Waals surface area contributed by atoms with Gasteiger partial charge in [0.05, 0.1) is 24.5 Å². The highest BCUT2D eigenvalue weighted by Gasteiger charge is 2.34. The Kier molecular flexibility index (Phi) is 2.84. The minimum Gasteiger partial charge on any atom is -0.332 e. The molecule has 1 aromatic heterocycles. The highest BCUT2D eigenvalue weighted by atomic mass is 16.2. The molecule has 0 unspecified atom stereocenters. The number of aromatic amines is 1. The molecule has 1 aliphatic carbocycles. The van der Waals surface area contributed by atoms with Crippen molar-refractivity contribution in [1.29, 1.82) is 0 Å². The minimum absolute atomic E-state index is 0.267. The molecule has 4 nitrogen and oxygen atoms in total. The largest absolute Gasteiger partial charge is 0.332 e. The second-order valence-electron chi connectivity index (χ2n) is 6.17. The first-order valence-corrected chi connectivity index (χ1v) is 7.65. The van der Waals surface area contributed by atoms with Crippen LogP contribution >= 0.6 is 0 Å². The molecule has 1 aliphatic heterocycles. The Labute approximate surface area is 124 Å². The third-order valence-corrected chi connectivity index (χ3v) is 4.82. The molecule has 1 fully saturated rings. The molecule has 21 heavy (non-hydrogen) atoms. The van der Waals surface area contributed by atoms with Gasteiger partial charge in [0, 0.05) is 17.0 Å². The summed E-state index contributed by atoms with van der Waals surface area (Å²) in [5.74, 6) is 0.588. The fraction of sp³-hybridized carbons (Fsp3) is 0.412. The molecule has 108 valence electrons. The van der Waals surface area contributed by atoms with E-state index in [0.717, 1.165) is 29.8 Å². The van der Waals surface area contributed by atoms with Crippen LogP contribution in [0, 0.1) is 12.8 Å². The van der Waals surface area contributed by atoms with E-state index in [1.54, 1.807) is 0 Å². The number of fused-ring (bicyclic) bond motifs is 1. The summed E-state index contributed by atoms with van der Waals surface area (Å²) < 4.78 is 0. The van der Waals surface area contributed by atoms with Crippen molar-refractivity contribution in [3.8, 4) is 11.3 Å². The number of carbonyl (C=O) groups excluding carboxylic acids is 1. The molecule has 1 aromatic carbocycles. The number of benzene rings is 1. The summed E-state index contributed by atoms with van der Waals surface area (Å²) >= 11 is 0. The van der Waals surface area contributed by atoms with Crippen molar-refractivity contribution in [1.82, 2.24) is 15.1 Å². The summed E-state index contributed by atoms with van der Waals surface area (Å²) in [5.41, 5.74) is 5.67. The Morgan fingerprint density at radius 3 is 2.81 bits per heavy atom. The molecule has 4 rings (SSSR count). The van der Waals surface area contributed by atoms with Crippen LogP contribution in [0.1, 0.15) is 36.1 Å². The fourth-order valence-corrected chi connectivity index (χ4v) is 3.27. The fourth-order valence-electron chi connectivity index (χ4n) is 3.27. The van der Waals surface area contributed by atoms with Gasteiger partial charge in [-0.3, -0.25) is 9.89 Å². The van der Waals surface area contributed by atoms with Crippen molar-refractivity contribution in [3.05, 3.63) is 41.1 Å². The zero-order chi connectivity index (χ0) is 14.4. The second kappa shape index (κ2) is 4.72. The molecule has 0 radical (unpaired) electrons. The van der Waals surface area contributed by atoms with Gasteiger partial charge in [0.25, 0.3) is 0 Å². The Hall–Kier alpha value is -2.10. The lowest BCUT2D eigenvalue weighted by atomic mass is 9.84. The number of nitrogens with zero attached hydrogens (tertiary/aromatic N) is 2. The summed E-state index contributed by atoms with van der Waals surface area (Å²) in [7, 11) is 0. The third kappa shape index (κ3) is 1.97. The normalized spacial score (nSPS) is 17.7. The van der Waals surface area contributed by atoms with Gasteiger partial charge in [0.2, 0.25) is 5.91 Å². The quantitative estimate of drug-likeness (QED) is 0.920. The van der Waals surface area contributed by atoms with E-state index in [1.165, 1.54) is 17.5 Å². The maximum absolute atomic E-state index is 12.4. The lowest BCUT2D eigenvalue weighted by molar-refractivity contribution is -0.138. The molecule has 1 saturated carbocycles. The molecular formula is C17H19N3O. The first kappa shape index (κ1) is 12.6. The summed E-state index contributed by atoms with van der Waals surface area (Å²) in [4.78, 5) is 14.4. The molecular weight excluding hydrogens is 262 g/mol. The number of nitrogens with one attached hydrogen (secondary N) is 1. The number of carbonyl (C=O) groups is 1. The molecule has 0 atom stereocenters. The SMILES string of the molecule is Cc1ccccc1-c1n[nH]c2c1CN(C(=O)C1CCC1)C2. The Balaban J connectivity index is 1.63. The highest BCUT2D eigenvalue weighted by Crippen LogP contribution is 2.35. The van der Waals surface area contributed by atoms with Crippen LogP contribution < -0.4 is 0 Å². The zero-order valence-corrected chi connectivity index (χ0v) is 12.2. The number of aromatic nitrogens is 2. The zero-order valence-electron chi connectivity index (χ0n) is 12.2. The third-order valence-electron chi connectivity index (χ3n) is 4.82. The van der Waals surface area contributed by atoms with Crippen LogP contribution in [-0.4, -0.2) is 21.0 Å². The minimum atomic E-state index is 0.267. The molecule has 0 saturated heterocycles. The van der Waals surface area contributed by atoms with E-state index in [-0.39, 0.29) is 5.92 Å². The van der Waals surface area contributed by atoms with Crippen molar-refractivity contribution < 1.29 is 4.79 Å². The average molecular weight is 281 g/mol. The van der Waals surface area contributed by atoms with Gasteiger partial charge in [0.1, 0.15) is 0 Å². The molecule has 2 heterocycles. The number of rotatable bonds is 2. The average Bonchev–Trinajstić information content (AvgIpc) is 2.97. The topological polar surface area (TPSA) is 49.0 Å². The first-order valence-electron chi connectivity index (χ1n) is 7.65. The second-order valence-corrected chi connectivity index (χ2v) is 6.17. The maximum Gasteiger partial charge on any atom is 0.226 e. The Bertz CT molecular complexity index is 700. The summed E-state index contributed by atoms with van der Waals surface area (Å²) in [6.45, 7) is 3.48. The van der Waals surface area contributed by atoms with Crippen molar-refractivity contribution >= 4 is 5.91 Å². The van der Waals surface area contributed by atoms with Gasteiger partial charge in [-0.25, -0.2) is 0 Å². The summed E-state index contributed by atoms with van der Waals surface area (Å²) in [6, 6.07) is 8.28. The van der Waals surface area contributed by atoms with Gasteiger partial charge in [-0.2, -0.15) is 5.10 Å². The first-order chi connectivity index (χ1) is 10.2. The van der Waals surface area contributed by atoms with E-state index in [9.17, 15) is 4.79 Å². The van der Waals surface area contributed by atoms with Crippen LogP contribution in [0.5, 0.6) is 0 Å². The van der Waals surface area contributed by atoms with Gasteiger partial charge >= 0.3 is 0 Å². The van der Waals surface area contributed by atoms with Crippen LogP contribution in [0.4, 0.5) is 0 Å². The summed E-state index contributed by atoms with van der Waals surface area (Å²) in [6.07, 6.45) is 3.32. The number of hydrogen-bond acceptors (Lipinski definition) is 2. The highest BCUT2D eigenvalue weighted by molar-refractivity contribution is 5.81. The van der Waals surface area contributed by atoms with E-state index in [2.05, 4.69) is 29.3 Å². The van der Waals surface area contributed by atoms with Crippen molar-refractivity contribution in [2.45, 2.75) is 39.3 Å². The summed E-state index contributed by atoms with van der Waals surface area (Å²) in [5, 5.41) is 7.61. The number of aryl methyl sites for hydroxylation is 1. The van der Waals surface area contributed by atoms with Gasteiger partial charge < -0.3 is 4.90 Å². The van der Waals surface area contributed by atoms with Crippen LogP contribution in [0.2, 0.25) is 0 Å². The predicted octanol–water partition coefficient (Wildman–Crippen LogP) is 3.03. The lowest BCUT2D eigenvalue weighted by Crippen LogP contribution is -2.35. The van der Waals surface area contributed by atoms with E-state index in [0.29, 0.717) is 19.0 Å². The maximum atomic E-state index is 12.4. The predicted molar refractivity (Wildman–Crippen MR) is 80.4 cm³/mol. The molecule has 1 amide bonds. The Morgan fingerprint density at radius 1 is 1.29 bits per heavy atom. The van der Waals surface area contributed by atoms with E-state index < -0.39 is 0 Å². The van der Waals surface area contributed by atoms with Gasteiger partial charge in [-0.05, 0) is 25.3 Å². The van der Waals surface area contributed by atoms with Gasteiger partial charge in [-0.1, -0.05) is 30.7 Å². The van der Waals surface area contributed by atoms with Crippen LogP contribution in [-0.2, 0) is 17.9 Å². The molecule has 4 heteroatoms. The molecule has 0 bridgehead atoms. The van der Waals surface area contributed by atoms with Crippen LogP contribution in [0.3, 0.4) is 0 Å². The van der Waals surface area contributed by atoms with Crippen molar-refractivity contribution in [2.24, 2.45) is 5.92 Å². The van der Waals surface area contributed by atoms with Gasteiger partial charge in [-0.15, -0.1) is 0 Å². The molecule has 2 aromatic rings. The smallest absolute Gasteiger partial charge is 0.226 e. The monoisotopic (exact) mass is 281 g/mol. The number of H-pyrrole nitrogens is 1. The molecule has 2 aliphatic rings. The van der Waals surface area contributed by atoms with E-state index >= 15 is 0 Å². The standard InChI is InChI=1S/C17H19N3O/c1-11-5-2-3-8-13(11)16-14-9-20(10-15(14)18-19-16)17(21)12-6-4-7-12/h2-3,5,8,12H,4,6-7,9-10H2,1H3,(H,18,19). The molecule has 0 spiro atoms. The van der Waals surface area contributed by atoms with Crippen LogP contribution in [0.25, 0.3) is 11.3 Å². The van der Waals surface area contributed by atoms with Crippen molar-refractivity contribution in [2.75, 3.05) is 0 Å². The number of hydrogen-bond donors (Lipinski definition) is 1. The lowest BCUT2D eigenvalue weighted by Gasteiger charge is -2.28. The van der Waals surface area contributed by atoms with E-state index in [4.69, 9.17) is 0 Å². The van der Waals surface area contributed by atoms with Crippen LogP contribution in [0.15, 0.2) is 24.3 Å². The van der Waals surface area contributed by atoms with Crippen molar-refractivity contribution in [3.63, 3.8) is 0 Å². The Morgan fingerprint density at radius 2 is 2.10 bits per heavy atom. The van der Waals surface area contributed by atoms with E-state index in [1.807, 2.05) is 17.0 Å². The van der Waals surface area contributed by atoms with Gasteiger partial charge in [0.15, 0.2) is 0 Å². The molecule has 1 N–H and O–H groups in total.